The largest absolute Gasteiger partial charge is 0.342 e. The van der Waals surface area contributed by atoms with Crippen LogP contribution in [-0.4, -0.2) is 25.0 Å². The summed E-state index contributed by atoms with van der Waals surface area (Å²) in [5.41, 5.74) is 0. The van der Waals surface area contributed by atoms with Crippen molar-refractivity contribution < 1.29 is 4.79 Å². The molecule has 0 saturated carbocycles. The van der Waals surface area contributed by atoms with Crippen molar-refractivity contribution >= 4 is 5.91 Å². The van der Waals surface area contributed by atoms with E-state index in [-0.39, 0.29) is 11.9 Å². The van der Waals surface area contributed by atoms with Gasteiger partial charge in [-0.15, -0.1) is 6.42 Å². The van der Waals surface area contributed by atoms with Gasteiger partial charge < -0.3 is 10.6 Å². The molecule has 2 N–H and O–H groups in total. The molecule has 1 aliphatic heterocycles. The van der Waals surface area contributed by atoms with Gasteiger partial charge in [-0.25, -0.2) is 0 Å². The van der Waals surface area contributed by atoms with Crippen LogP contribution in [0, 0.1) is 18.3 Å². The summed E-state index contributed by atoms with van der Waals surface area (Å²) in [4.78, 5) is 10.9. The van der Waals surface area contributed by atoms with Gasteiger partial charge in [-0.2, -0.15) is 0 Å². The zero-order chi connectivity index (χ0) is 9.68. The number of piperidine rings is 1. The minimum atomic E-state index is -0.307. The van der Waals surface area contributed by atoms with Crippen LogP contribution in [0.4, 0.5) is 0 Å². The van der Waals surface area contributed by atoms with Crippen LogP contribution < -0.4 is 10.6 Å². The highest BCUT2D eigenvalue weighted by Crippen LogP contribution is 2.13. The Kier molecular flexibility index (Phi) is 3.78. The molecule has 0 radical (unpaired) electrons. The van der Waals surface area contributed by atoms with Crippen molar-refractivity contribution in [2.24, 2.45) is 5.92 Å². The lowest BCUT2D eigenvalue weighted by Crippen LogP contribution is -2.44. The molecule has 2 unspecified atom stereocenters. The first-order valence-electron chi connectivity index (χ1n) is 4.72. The first-order valence-corrected chi connectivity index (χ1v) is 4.72. The van der Waals surface area contributed by atoms with E-state index in [0.717, 1.165) is 13.1 Å². The van der Waals surface area contributed by atoms with Crippen LogP contribution in [0.25, 0.3) is 0 Å². The average molecular weight is 180 g/mol. The highest BCUT2D eigenvalue weighted by molar-refractivity contribution is 5.92. The van der Waals surface area contributed by atoms with Gasteiger partial charge in [0.1, 0.15) is 0 Å². The maximum Gasteiger partial charge on any atom is 0.295 e. The van der Waals surface area contributed by atoms with Gasteiger partial charge in [0.15, 0.2) is 0 Å². The molecule has 72 valence electrons. The molecular formula is C10H16N2O. The van der Waals surface area contributed by atoms with E-state index in [1.165, 1.54) is 12.8 Å². The van der Waals surface area contributed by atoms with Crippen LogP contribution >= 0.6 is 0 Å². The van der Waals surface area contributed by atoms with Gasteiger partial charge in [0.05, 0.1) is 0 Å². The molecule has 0 aromatic carbocycles. The average Bonchev–Trinajstić information content (AvgIpc) is 2.19. The Morgan fingerprint density at radius 2 is 2.54 bits per heavy atom. The molecule has 1 rings (SSSR count). The second kappa shape index (κ2) is 4.88. The summed E-state index contributed by atoms with van der Waals surface area (Å²) < 4.78 is 0. The lowest BCUT2D eigenvalue weighted by Gasteiger charge is -2.28. The Bertz CT molecular complexity index is 213. The molecule has 1 amide bonds. The summed E-state index contributed by atoms with van der Waals surface area (Å²) in [5.74, 6) is 2.28. The van der Waals surface area contributed by atoms with Gasteiger partial charge in [-0.05, 0) is 44.7 Å². The number of hydrogen-bond acceptors (Lipinski definition) is 2. The van der Waals surface area contributed by atoms with E-state index in [9.17, 15) is 4.79 Å². The van der Waals surface area contributed by atoms with Crippen molar-refractivity contribution in [3.05, 3.63) is 0 Å². The van der Waals surface area contributed by atoms with Crippen LogP contribution in [0.15, 0.2) is 0 Å². The monoisotopic (exact) mass is 180 g/mol. The zero-order valence-corrected chi connectivity index (χ0v) is 7.97. The normalized spacial score (nSPS) is 24.5. The Labute approximate surface area is 79.3 Å². The van der Waals surface area contributed by atoms with Gasteiger partial charge in [0.25, 0.3) is 5.91 Å². The molecule has 1 aliphatic rings. The highest BCUT2D eigenvalue weighted by Gasteiger charge is 2.20. The van der Waals surface area contributed by atoms with Gasteiger partial charge >= 0.3 is 0 Å². The molecular weight excluding hydrogens is 164 g/mol. The predicted molar refractivity (Wildman–Crippen MR) is 52.0 cm³/mol. The minimum Gasteiger partial charge on any atom is -0.342 e. The van der Waals surface area contributed by atoms with Crippen LogP contribution in [0.5, 0.6) is 0 Å². The molecule has 1 heterocycles. The fourth-order valence-corrected chi connectivity index (χ4v) is 1.67. The van der Waals surface area contributed by atoms with Crippen LogP contribution in [0.1, 0.15) is 19.8 Å². The van der Waals surface area contributed by atoms with E-state index in [1.54, 1.807) is 0 Å². The molecule has 0 spiro atoms. The number of terminal acetylenes is 1. The Morgan fingerprint density at radius 3 is 3.08 bits per heavy atom. The number of amides is 1. The lowest BCUT2D eigenvalue weighted by atomic mass is 9.93. The molecule has 3 heteroatoms. The van der Waals surface area contributed by atoms with Gasteiger partial charge in [0, 0.05) is 6.04 Å². The summed E-state index contributed by atoms with van der Waals surface area (Å²) in [6, 6.07) is 0.177. The molecule has 2 atom stereocenters. The number of carbonyl (C=O) groups is 1. The maximum atomic E-state index is 10.9. The quantitative estimate of drug-likeness (QED) is 0.593. The van der Waals surface area contributed by atoms with Gasteiger partial charge in [0.2, 0.25) is 0 Å². The predicted octanol–water partition coefficient (Wildman–Crippen LogP) is 0.124. The molecule has 0 bridgehead atoms. The SMILES string of the molecule is C#CC(=O)NC(C)C1CCCNC1. The Morgan fingerprint density at radius 1 is 1.77 bits per heavy atom. The second-order valence-corrected chi connectivity index (χ2v) is 3.51. The summed E-state index contributed by atoms with van der Waals surface area (Å²) in [6.07, 6.45) is 7.32. The lowest BCUT2D eigenvalue weighted by molar-refractivity contribution is -0.116. The topological polar surface area (TPSA) is 41.1 Å². The van der Waals surface area contributed by atoms with Crippen LogP contribution in [-0.2, 0) is 4.79 Å². The fourth-order valence-electron chi connectivity index (χ4n) is 1.67. The third kappa shape index (κ3) is 3.08. The third-order valence-corrected chi connectivity index (χ3v) is 2.53. The fraction of sp³-hybridized carbons (Fsp3) is 0.700. The van der Waals surface area contributed by atoms with E-state index >= 15 is 0 Å². The van der Waals surface area contributed by atoms with Crippen molar-refractivity contribution in [1.82, 2.24) is 10.6 Å². The van der Waals surface area contributed by atoms with Gasteiger partial charge in [-0.1, -0.05) is 0 Å². The smallest absolute Gasteiger partial charge is 0.295 e. The zero-order valence-electron chi connectivity index (χ0n) is 7.97. The van der Waals surface area contributed by atoms with E-state index in [0.29, 0.717) is 5.92 Å². The number of carbonyl (C=O) groups excluding carboxylic acids is 1. The molecule has 3 nitrogen and oxygen atoms in total. The molecule has 0 aromatic heterocycles. The highest BCUT2D eigenvalue weighted by atomic mass is 16.1. The second-order valence-electron chi connectivity index (χ2n) is 3.51. The number of hydrogen-bond donors (Lipinski definition) is 2. The standard InChI is InChI=1S/C10H16N2O/c1-3-10(13)12-8(2)9-5-4-6-11-7-9/h1,8-9,11H,4-7H2,2H3,(H,12,13). The summed E-state index contributed by atoms with van der Waals surface area (Å²) in [5, 5.41) is 6.09. The van der Waals surface area contributed by atoms with E-state index in [2.05, 4.69) is 16.6 Å². The number of rotatable bonds is 2. The summed E-state index contributed by atoms with van der Waals surface area (Å²) >= 11 is 0. The molecule has 1 saturated heterocycles. The minimum absolute atomic E-state index is 0.177. The van der Waals surface area contributed by atoms with Crippen molar-refractivity contribution in [3.63, 3.8) is 0 Å². The summed E-state index contributed by atoms with van der Waals surface area (Å²) in [7, 11) is 0. The van der Waals surface area contributed by atoms with Crippen molar-refractivity contribution in [2.75, 3.05) is 13.1 Å². The van der Waals surface area contributed by atoms with E-state index < -0.39 is 0 Å². The Hall–Kier alpha value is -1.01. The molecule has 13 heavy (non-hydrogen) atoms. The first-order chi connectivity index (χ1) is 6.24. The number of nitrogens with one attached hydrogen (secondary N) is 2. The van der Waals surface area contributed by atoms with Gasteiger partial charge in [-0.3, -0.25) is 4.79 Å². The van der Waals surface area contributed by atoms with Crippen molar-refractivity contribution in [2.45, 2.75) is 25.8 Å². The van der Waals surface area contributed by atoms with Crippen LogP contribution in [0.2, 0.25) is 0 Å². The van der Waals surface area contributed by atoms with Crippen molar-refractivity contribution in [1.29, 1.82) is 0 Å². The van der Waals surface area contributed by atoms with Crippen molar-refractivity contribution in [3.8, 4) is 12.3 Å². The van der Waals surface area contributed by atoms with E-state index in [1.807, 2.05) is 6.92 Å². The first kappa shape index (κ1) is 10.1. The summed E-state index contributed by atoms with van der Waals surface area (Å²) in [6.45, 7) is 4.07. The van der Waals surface area contributed by atoms with Crippen LogP contribution in [0.3, 0.4) is 0 Å². The maximum absolute atomic E-state index is 10.9. The molecule has 0 aliphatic carbocycles. The van der Waals surface area contributed by atoms with E-state index in [4.69, 9.17) is 6.42 Å². The Balaban J connectivity index is 2.33. The molecule has 1 fully saturated rings. The molecule has 0 aromatic rings. The third-order valence-electron chi connectivity index (χ3n) is 2.53.